The second-order valence-corrected chi connectivity index (χ2v) is 6.95. The first-order valence-electron chi connectivity index (χ1n) is 8.26. The maximum atomic E-state index is 14.1. The monoisotopic (exact) mass is 408 g/mol. The van der Waals surface area contributed by atoms with Crippen LogP contribution in [0.15, 0.2) is 24.5 Å². The first-order chi connectivity index (χ1) is 13.0. The SMILES string of the molecule is COc1cnc(C(=O)N2CCc3[nH]c4c(Cl)c(Cl)ccc4c3[C@H]2CF)nc1. The second kappa shape index (κ2) is 6.98. The van der Waals surface area contributed by atoms with Gasteiger partial charge in [-0.25, -0.2) is 14.4 Å². The van der Waals surface area contributed by atoms with E-state index in [1.54, 1.807) is 12.1 Å². The molecule has 1 N–H and O–H groups in total. The molecular weight excluding hydrogens is 394 g/mol. The third-order valence-corrected chi connectivity index (χ3v) is 5.56. The number of benzene rings is 1. The van der Waals surface area contributed by atoms with E-state index >= 15 is 0 Å². The topological polar surface area (TPSA) is 71.1 Å². The number of carbonyl (C=O) groups is 1. The van der Waals surface area contributed by atoms with E-state index in [9.17, 15) is 9.18 Å². The van der Waals surface area contributed by atoms with Gasteiger partial charge in [-0.15, -0.1) is 0 Å². The number of aromatic amines is 1. The van der Waals surface area contributed by atoms with Crippen LogP contribution in [0.4, 0.5) is 4.39 Å². The lowest BCUT2D eigenvalue weighted by Crippen LogP contribution is -2.41. The molecule has 1 amide bonds. The van der Waals surface area contributed by atoms with Gasteiger partial charge in [0.25, 0.3) is 5.91 Å². The molecule has 3 heterocycles. The third-order valence-electron chi connectivity index (χ3n) is 4.76. The predicted octanol–water partition coefficient (Wildman–Crippen LogP) is 3.98. The summed E-state index contributed by atoms with van der Waals surface area (Å²) >= 11 is 12.4. The number of nitrogens with zero attached hydrogens (tertiary/aromatic N) is 3. The van der Waals surface area contributed by atoms with Crippen LogP contribution in [0.5, 0.6) is 5.75 Å². The average molecular weight is 409 g/mol. The van der Waals surface area contributed by atoms with Gasteiger partial charge >= 0.3 is 0 Å². The fourth-order valence-electron chi connectivity index (χ4n) is 3.46. The first-order valence-corrected chi connectivity index (χ1v) is 9.02. The highest BCUT2D eigenvalue weighted by Gasteiger charge is 2.35. The van der Waals surface area contributed by atoms with Crippen LogP contribution in [0.3, 0.4) is 0 Å². The third kappa shape index (κ3) is 2.91. The molecule has 9 heteroatoms. The number of nitrogens with one attached hydrogen (secondary N) is 1. The number of carbonyl (C=O) groups excluding carboxylic acids is 1. The van der Waals surface area contributed by atoms with Gasteiger partial charge in [0.05, 0.1) is 41.1 Å². The summed E-state index contributed by atoms with van der Waals surface area (Å²) in [7, 11) is 1.49. The molecule has 0 radical (unpaired) electrons. The van der Waals surface area contributed by atoms with Crippen LogP contribution in [0.25, 0.3) is 10.9 Å². The molecule has 1 aromatic carbocycles. The van der Waals surface area contributed by atoms with Crippen LogP contribution >= 0.6 is 23.2 Å². The number of methoxy groups -OCH3 is 1. The molecule has 27 heavy (non-hydrogen) atoms. The van der Waals surface area contributed by atoms with Gasteiger partial charge in [0.2, 0.25) is 5.82 Å². The number of H-pyrrole nitrogens is 1. The Morgan fingerprint density at radius 2 is 2.11 bits per heavy atom. The Morgan fingerprint density at radius 3 is 2.78 bits per heavy atom. The van der Waals surface area contributed by atoms with Crippen LogP contribution in [0.1, 0.15) is 27.9 Å². The van der Waals surface area contributed by atoms with Crippen LogP contribution < -0.4 is 4.74 Å². The summed E-state index contributed by atoms with van der Waals surface area (Å²) in [6.45, 7) is -0.393. The standard InChI is InChI=1S/C18H15Cl2FN4O2/c1-27-9-7-22-17(23-8-9)18(26)25-5-4-12-14(13(25)6-21)10-2-3-11(19)15(20)16(10)24-12/h2-3,7-8,13,24H,4-6H2,1H3/t13-/m1/s1. The van der Waals surface area contributed by atoms with Gasteiger partial charge in [-0.05, 0) is 6.07 Å². The molecule has 1 aliphatic rings. The van der Waals surface area contributed by atoms with Crippen molar-refractivity contribution < 1.29 is 13.9 Å². The van der Waals surface area contributed by atoms with Crippen LogP contribution in [-0.4, -0.2) is 46.1 Å². The molecule has 2 aromatic heterocycles. The normalized spacial score (nSPS) is 16.4. The maximum absolute atomic E-state index is 14.1. The summed E-state index contributed by atoms with van der Waals surface area (Å²) in [6, 6.07) is 2.71. The molecule has 0 unspecified atom stereocenters. The average Bonchev–Trinajstić information content (AvgIpc) is 3.09. The summed E-state index contributed by atoms with van der Waals surface area (Å²) in [4.78, 5) is 25.6. The molecule has 4 rings (SSSR count). The minimum atomic E-state index is -0.752. The fraction of sp³-hybridized carbons (Fsp3) is 0.278. The van der Waals surface area contributed by atoms with Crippen LogP contribution in [0.2, 0.25) is 10.0 Å². The number of fused-ring (bicyclic) bond motifs is 3. The predicted molar refractivity (Wildman–Crippen MR) is 100 cm³/mol. The number of alkyl halides is 1. The zero-order valence-electron chi connectivity index (χ0n) is 14.3. The molecule has 0 saturated heterocycles. The van der Waals surface area contributed by atoms with Gasteiger partial charge in [-0.2, -0.15) is 0 Å². The highest BCUT2D eigenvalue weighted by Crippen LogP contribution is 2.40. The largest absolute Gasteiger partial charge is 0.494 e. The van der Waals surface area contributed by atoms with Crippen molar-refractivity contribution in [3.63, 3.8) is 0 Å². The number of rotatable bonds is 3. The Kier molecular flexibility index (Phi) is 4.65. The summed E-state index contributed by atoms with van der Waals surface area (Å²) in [5, 5.41) is 1.56. The minimum Gasteiger partial charge on any atom is -0.494 e. The highest BCUT2D eigenvalue weighted by molar-refractivity contribution is 6.45. The van der Waals surface area contributed by atoms with Gasteiger partial charge in [-0.3, -0.25) is 4.79 Å². The quantitative estimate of drug-likeness (QED) is 0.711. The molecule has 0 fully saturated rings. The van der Waals surface area contributed by atoms with Crippen molar-refractivity contribution in [1.29, 1.82) is 0 Å². The second-order valence-electron chi connectivity index (χ2n) is 6.17. The number of halogens is 3. The Labute approximate surface area is 164 Å². The number of aromatic nitrogens is 3. The van der Waals surface area contributed by atoms with Crippen molar-refractivity contribution in [3.05, 3.63) is 51.7 Å². The summed E-state index contributed by atoms with van der Waals surface area (Å²) in [5.74, 6) is 0.0108. The molecule has 1 atom stereocenters. The Morgan fingerprint density at radius 1 is 1.37 bits per heavy atom. The molecule has 1 aliphatic heterocycles. The van der Waals surface area contributed by atoms with E-state index in [0.29, 0.717) is 34.3 Å². The molecule has 0 bridgehead atoms. The summed E-state index contributed by atoms with van der Waals surface area (Å²) < 4.78 is 19.1. The summed E-state index contributed by atoms with van der Waals surface area (Å²) in [6.07, 6.45) is 3.36. The lowest BCUT2D eigenvalue weighted by molar-refractivity contribution is 0.0616. The number of ether oxygens (including phenoxy) is 1. The van der Waals surface area contributed by atoms with E-state index in [1.807, 2.05) is 0 Å². The lowest BCUT2D eigenvalue weighted by atomic mass is 9.96. The zero-order valence-corrected chi connectivity index (χ0v) is 15.8. The van der Waals surface area contributed by atoms with Gasteiger partial charge in [0, 0.05) is 29.6 Å². The number of hydrogen-bond acceptors (Lipinski definition) is 4. The van der Waals surface area contributed by atoms with Crippen molar-refractivity contribution in [2.24, 2.45) is 0 Å². The lowest BCUT2D eigenvalue weighted by Gasteiger charge is -2.34. The minimum absolute atomic E-state index is 0.00128. The van der Waals surface area contributed by atoms with E-state index in [-0.39, 0.29) is 5.82 Å². The van der Waals surface area contributed by atoms with Crippen molar-refractivity contribution >= 4 is 40.0 Å². The van der Waals surface area contributed by atoms with Gasteiger partial charge in [0.15, 0.2) is 5.75 Å². The first kappa shape index (κ1) is 18.0. The van der Waals surface area contributed by atoms with Crippen molar-refractivity contribution in [2.75, 3.05) is 20.3 Å². The van der Waals surface area contributed by atoms with E-state index in [2.05, 4.69) is 15.0 Å². The Hall–Kier alpha value is -2.38. The highest BCUT2D eigenvalue weighted by atomic mass is 35.5. The van der Waals surface area contributed by atoms with E-state index in [0.717, 1.165) is 16.6 Å². The number of amides is 1. The van der Waals surface area contributed by atoms with Gasteiger partial charge in [0.1, 0.15) is 6.67 Å². The molecule has 0 spiro atoms. The maximum Gasteiger partial charge on any atom is 0.292 e. The van der Waals surface area contributed by atoms with Gasteiger partial charge < -0.3 is 14.6 Å². The smallest absolute Gasteiger partial charge is 0.292 e. The summed E-state index contributed by atoms with van der Waals surface area (Å²) in [5.41, 5.74) is 2.23. The van der Waals surface area contributed by atoms with Crippen molar-refractivity contribution in [3.8, 4) is 5.75 Å². The van der Waals surface area contributed by atoms with E-state index < -0.39 is 18.6 Å². The number of hydrogen-bond donors (Lipinski definition) is 1. The molecule has 0 aliphatic carbocycles. The Balaban J connectivity index is 1.75. The molecule has 140 valence electrons. The molecule has 0 saturated carbocycles. The van der Waals surface area contributed by atoms with E-state index in [1.165, 1.54) is 24.4 Å². The molecule has 3 aromatic rings. The van der Waals surface area contributed by atoms with Gasteiger partial charge in [-0.1, -0.05) is 29.3 Å². The molecule has 6 nitrogen and oxygen atoms in total. The van der Waals surface area contributed by atoms with Crippen molar-refractivity contribution in [2.45, 2.75) is 12.5 Å². The van der Waals surface area contributed by atoms with Crippen LogP contribution in [0, 0.1) is 0 Å². The Bertz CT molecular complexity index is 1020. The zero-order chi connectivity index (χ0) is 19.1. The molecular formula is C18H15Cl2FN4O2. The van der Waals surface area contributed by atoms with E-state index in [4.69, 9.17) is 27.9 Å². The van der Waals surface area contributed by atoms with Crippen molar-refractivity contribution in [1.82, 2.24) is 19.9 Å². The fourth-order valence-corrected chi connectivity index (χ4v) is 3.83. The van der Waals surface area contributed by atoms with Crippen LogP contribution in [-0.2, 0) is 6.42 Å².